The van der Waals surface area contributed by atoms with E-state index in [2.05, 4.69) is 15.1 Å². The van der Waals surface area contributed by atoms with Gasteiger partial charge in [-0.3, -0.25) is 0 Å². The van der Waals surface area contributed by atoms with E-state index < -0.39 is 10.0 Å². The van der Waals surface area contributed by atoms with Crippen LogP contribution in [0.1, 0.15) is 19.0 Å². The van der Waals surface area contributed by atoms with Crippen LogP contribution in [0.2, 0.25) is 0 Å². The number of sulfonamides is 1. The molecule has 6 nitrogen and oxygen atoms in total. The van der Waals surface area contributed by atoms with Crippen LogP contribution >= 0.6 is 0 Å². The lowest BCUT2D eigenvalue weighted by atomic mass is 10.3. The van der Waals surface area contributed by atoms with E-state index in [0.717, 1.165) is 11.5 Å². The van der Waals surface area contributed by atoms with Crippen LogP contribution in [0, 0.1) is 6.92 Å². The number of piperazine rings is 1. The number of anilines is 1. The lowest BCUT2D eigenvalue weighted by Gasteiger charge is -2.34. The Morgan fingerprint density at radius 3 is 2.37 bits per heavy atom. The molecule has 0 radical (unpaired) electrons. The molecule has 0 aliphatic carbocycles. The van der Waals surface area contributed by atoms with Crippen LogP contribution in [0.3, 0.4) is 0 Å². The van der Waals surface area contributed by atoms with Gasteiger partial charge in [-0.05, 0) is 25.5 Å². The Kier molecular flexibility index (Phi) is 4.36. The summed E-state index contributed by atoms with van der Waals surface area (Å²) < 4.78 is 25.5. The molecule has 1 saturated heterocycles. The molecule has 1 aliphatic heterocycles. The van der Waals surface area contributed by atoms with Crippen molar-refractivity contribution in [2.24, 2.45) is 0 Å². The molecule has 19 heavy (non-hydrogen) atoms. The molecule has 1 aromatic heterocycles. The first-order valence-corrected chi connectivity index (χ1v) is 8.17. The number of aryl methyl sites for hydroxylation is 1. The molecule has 0 bridgehead atoms. The highest BCUT2D eigenvalue weighted by Crippen LogP contribution is 2.15. The monoisotopic (exact) mass is 284 g/mol. The highest BCUT2D eigenvalue weighted by molar-refractivity contribution is 7.89. The topological polar surface area (TPSA) is 66.4 Å². The molecule has 0 saturated carbocycles. The second kappa shape index (κ2) is 5.83. The third kappa shape index (κ3) is 3.42. The molecule has 0 unspecified atom stereocenters. The molecule has 0 amide bonds. The highest BCUT2D eigenvalue weighted by atomic mass is 32.2. The van der Waals surface area contributed by atoms with Crippen molar-refractivity contribution in [2.45, 2.75) is 20.3 Å². The molecule has 0 atom stereocenters. The minimum absolute atomic E-state index is 0.233. The van der Waals surface area contributed by atoms with Gasteiger partial charge in [-0.15, -0.1) is 5.10 Å². The first-order valence-electron chi connectivity index (χ1n) is 6.56. The van der Waals surface area contributed by atoms with Crippen LogP contribution in [0.4, 0.5) is 5.82 Å². The summed E-state index contributed by atoms with van der Waals surface area (Å²) in [7, 11) is -3.08. The molecule has 1 fully saturated rings. The molecule has 1 aromatic rings. The van der Waals surface area contributed by atoms with E-state index >= 15 is 0 Å². The third-order valence-electron chi connectivity index (χ3n) is 3.20. The quantitative estimate of drug-likeness (QED) is 0.812. The van der Waals surface area contributed by atoms with Crippen molar-refractivity contribution in [2.75, 3.05) is 36.8 Å². The second-order valence-electron chi connectivity index (χ2n) is 4.74. The van der Waals surface area contributed by atoms with Crippen molar-refractivity contribution in [3.8, 4) is 0 Å². The van der Waals surface area contributed by atoms with Crippen molar-refractivity contribution in [1.29, 1.82) is 0 Å². The first kappa shape index (κ1) is 14.2. The summed E-state index contributed by atoms with van der Waals surface area (Å²) in [6.07, 6.45) is 0.659. The van der Waals surface area contributed by atoms with Gasteiger partial charge >= 0.3 is 0 Å². The zero-order chi connectivity index (χ0) is 13.9. The minimum atomic E-state index is -3.08. The van der Waals surface area contributed by atoms with Gasteiger partial charge in [-0.25, -0.2) is 8.42 Å². The third-order valence-corrected chi connectivity index (χ3v) is 5.28. The second-order valence-corrected chi connectivity index (χ2v) is 6.82. The van der Waals surface area contributed by atoms with Crippen molar-refractivity contribution in [1.82, 2.24) is 14.5 Å². The molecule has 2 heterocycles. The molecule has 0 N–H and O–H groups in total. The fraction of sp³-hybridized carbons (Fsp3) is 0.667. The van der Waals surface area contributed by atoms with Gasteiger partial charge < -0.3 is 4.90 Å². The van der Waals surface area contributed by atoms with E-state index in [1.54, 1.807) is 4.31 Å². The van der Waals surface area contributed by atoms with Gasteiger partial charge in [0.2, 0.25) is 10.0 Å². The first-order chi connectivity index (χ1) is 9.03. The van der Waals surface area contributed by atoms with Crippen LogP contribution in [-0.2, 0) is 10.0 Å². The number of rotatable bonds is 4. The molecule has 0 aromatic carbocycles. The van der Waals surface area contributed by atoms with Gasteiger partial charge in [0.1, 0.15) is 0 Å². The zero-order valence-electron chi connectivity index (χ0n) is 11.4. The van der Waals surface area contributed by atoms with Crippen LogP contribution in [0.15, 0.2) is 12.1 Å². The predicted octanol–water partition coefficient (Wildman–Crippen LogP) is 0.647. The van der Waals surface area contributed by atoms with Crippen molar-refractivity contribution >= 4 is 15.8 Å². The average molecular weight is 284 g/mol. The Hall–Kier alpha value is -1.21. The summed E-state index contributed by atoms with van der Waals surface area (Å²) in [5, 5.41) is 8.16. The van der Waals surface area contributed by atoms with Gasteiger partial charge in [0, 0.05) is 26.2 Å². The molecular weight excluding hydrogens is 264 g/mol. The van der Waals surface area contributed by atoms with Crippen LogP contribution in [0.25, 0.3) is 0 Å². The van der Waals surface area contributed by atoms with Crippen molar-refractivity contribution in [3.63, 3.8) is 0 Å². The summed E-state index contributed by atoms with van der Waals surface area (Å²) in [6.45, 7) is 6.17. The Bertz CT molecular complexity index is 507. The molecule has 7 heteroatoms. The predicted molar refractivity (Wildman–Crippen MR) is 74.6 cm³/mol. The average Bonchev–Trinajstić information content (AvgIpc) is 2.40. The number of hydrogen-bond donors (Lipinski definition) is 0. The normalized spacial score (nSPS) is 17.7. The van der Waals surface area contributed by atoms with Crippen LogP contribution < -0.4 is 4.90 Å². The van der Waals surface area contributed by atoms with Gasteiger partial charge in [0.25, 0.3) is 0 Å². The van der Waals surface area contributed by atoms with Crippen molar-refractivity contribution < 1.29 is 8.42 Å². The number of nitrogens with zero attached hydrogens (tertiary/aromatic N) is 4. The van der Waals surface area contributed by atoms with E-state index in [1.807, 2.05) is 26.0 Å². The van der Waals surface area contributed by atoms with Gasteiger partial charge in [-0.2, -0.15) is 9.40 Å². The van der Waals surface area contributed by atoms with E-state index in [9.17, 15) is 8.42 Å². The van der Waals surface area contributed by atoms with Gasteiger partial charge in [0.15, 0.2) is 5.82 Å². The smallest absolute Gasteiger partial charge is 0.214 e. The molecule has 2 rings (SSSR count). The number of aromatic nitrogens is 2. The molecular formula is C12H20N4O2S. The Balaban J connectivity index is 1.98. The minimum Gasteiger partial charge on any atom is -0.352 e. The van der Waals surface area contributed by atoms with E-state index in [1.165, 1.54) is 0 Å². The maximum Gasteiger partial charge on any atom is 0.214 e. The lowest BCUT2D eigenvalue weighted by molar-refractivity contribution is 0.383. The largest absolute Gasteiger partial charge is 0.352 e. The van der Waals surface area contributed by atoms with E-state index in [0.29, 0.717) is 32.6 Å². The number of hydrogen-bond acceptors (Lipinski definition) is 5. The molecule has 0 spiro atoms. The molecule has 1 aliphatic rings. The summed E-state index contributed by atoms with van der Waals surface area (Å²) in [5.41, 5.74) is 0.882. The Morgan fingerprint density at radius 2 is 1.84 bits per heavy atom. The zero-order valence-corrected chi connectivity index (χ0v) is 12.2. The summed E-state index contributed by atoms with van der Waals surface area (Å²) in [5.74, 6) is 1.05. The van der Waals surface area contributed by atoms with Crippen LogP contribution in [-0.4, -0.2) is 54.9 Å². The van der Waals surface area contributed by atoms with E-state index in [-0.39, 0.29) is 5.75 Å². The van der Waals surface area contributed by atoms with E-state index in [4.69, 9.17) is 0 Å². The Labute approximate surface area is 114 Å². The summed E-state index contributed by atoms with van der Waals surface area (Å²) >= 11 is 0. The van der Waals surface area contributed by atoms with Gasteiger partial charge in [0.05, 0.1) is 11.4 Å². The van der Waals surface area contributed by atoms with Crippen LogP contribution in [0.5, 0.6) is 0 Å². The molecule has 106 valence electrons. The van der Waals surface area contributed by atoms with Crippen molar-refractivity contribution in [3.05, 3.63) is 17.8 Å². The summed E-state index contributed by atoms with van der Waals surface area (Å²) in [4.78, 5) is 2.07. The fourth-order valence-corrected chi connectivity index (χ4v) is 3.64. The maximum atomic E-state index is 12.0. The lowest BCUT2D eigenvalue weighted by Crippen LogP contribution is -2.49. The SMILES string of the molecule is CCCS(=O)(=O)N1CCN(c2ccc(C)nn2)CC1. The maximum absolute atomic E-state index is 12.0. The Morgan fingerprint density at radius 1 is 1.16 bits per heavy atom. The highest BCUT2D eigenvalue weighted by Gasteiger charge is 2.26. The summed E-state index contributed by atoms with van der Waals surface area (Å²) in [6, 6.07) is 3.85. The van der Waals surface area contributed by atoms with Gasteiger partial charge in [-0.1, -0.05) is 6.92 Å². The fourth-order valence-electron chi connectivity index (χ4n) is 2.14. The standard InChI is InChI=1S/C12H20N4O2S/c1-3-10-19(17,18)16-8-6-15(7-9-16)12-5-4-11(2)13-14-12/h4-5H,3,6-10H2,1-2H3.